The fourth-order valence-corrected chi connectivity index (χ4v) is 2.09. The van der Waals surface area contributed by atoms with E-state index in [-0.39, 0.29) is 0 Å². The molecule has 0 atom stereocenters. The number of hydrogen-bond acceptors (Lipinski definition) is 4. The fourth-order valence-electron chi connectivity index (χ4n) is 2.09. The highest BCUT2D eigenvalue weighted by atomic mass is 16.5. The lowest BCUT2D eigenvalue weighted by molar-refractivity contribution is 0.413. The van der Waals surface area contributed by atoms with Crippen LogP contribution in [0.5, 0.6) is 5.75 Å². The van der Waals surface area contributed by atoms with Crippen molar-refractivity contribution < 1.29 is 4.74 Å². The number of nitrogens with one attached hydrogen (secondary N) is 1. The summed E-state index contributed by atoms with van der Waals surface area (Å²) in [7, 11) is 3.47. The molecule has 0 saturated carbocycles. The summed E-state index contributed by atoms with van der Waals surface area (Å²) in [6, 6.07) is 7.76. The lowest BCUT2D eigenvalue weighted by atomic mass is 10.1. The van der Waals surface area contributed by atoms with Gasteiger partial charge in [0, 0.05) is 19.8 Å². The number of ether oxygens (including phenoxy) is 1. The predicted octanol–water partition coefficient (Wildman–Crippen LogP) is 2.47. The summed E-state index contributed by atoms with van der Waals surface area (Å²) >= 11 is 0. The summed E-state index contributed by atoms with van der Waals surface area (Å²) in [6.45, 7) is 2.73. The summed E-state index contributed by atoms with van der Waals surface area (Å²) in [5.41, 5.74) is 3.66. The summed E-state index contributed by atoms with van der Waals surface area (Å²) < 4.78 is 6.94. The minimum absolute atomic E-state index is 0.550. The van der Waals surface area contributed by atoms with Gasteiger partial charge in [-0.1, -0.05) is 13.0 Å². The van der Waals surface area contributed by atoms with Gasteiger partial charge in [0.15, 0.2) is 0 Å². The van der Waals surface area contributed by atoms with Gasteiger partial charge in [-0.15, -0.1) is 0 Å². The van der Waals surface area contributed by atoms with Crippen molar-refractivity contribution in [3.63, 3.8) is 0 Å². The van der Waals surface area contributed by atoms with Crippen LogP contribution < -0.4 is 10.1 Å². The lowest BCUT2D eigenvalue weighted by Gasteiger charge is -2.08. The number of rotatable bonds is 5. The van der Waals surface area contributed by atoms with Crippen LogP contribution in [0, 0.1) is 11.3 Å². The Kier molecular flexibility index (Phi) is 4.26. The van der Waals surface area contributed by atoms with Crippen LogP contribution >= 0.6 is 0 Å². The quantitative estimate of drug-likeness (QED) is 0.906. The lowest BCUT2D eigenvalue weighted by Crippen LogP contribution is -2.01. The molecule has 0 spiro atoms. The number of benzene rings is 1. The van der Waals surface area contributed by atoms with Crippen molar-refractivity contribution >= 4 is 5.69 Å². The summed E-state index contributed by atoms with van der Waals surface area (Å²) in [5, 5.41) is 16.8. The zero-order valence-corrected chi connectivity index (χ0v) is 12.0. The average molecular weight is 270 g/mol. The van der Waals surface area contributed by atoms with Gasteiger partial charge < -0.3 is 10.1 Å². The van der Waals surface area contributed by atoms with Crippen LogP contribution in [0.3, 0.4) is 0 Å². The van der Waals surface area contributed by atoms with Gasteiger partial charge in [0.05, 0.1) is 24.1 Å². The van der Waals surface area contributed by atoms with Crippen LogP contribution in [0.4, 0.5) is 5.69 Å². The van der Waals surface area contributed by atoms with Crippen molar-refractivity contribution in [2.45, 2.75) is 19.9 Å². The third kappa shape index (κ3) is 2.91. The molecule has 1 aromatic carbocycles. The van der Waals surface area contributed by atoms with Crippen molar-refractivity contribution in [2.24, 2.45) is 7.05 Å². The Morgan fingerprint density at radius 1 is 1.45 bits per heavy atom. The highest BCUT2D eigenvalue weighted by Crippen LogP contribution is 2.20. The molecule has 0 saturated heterocycles. The molecule has 20 heavy (non-hydrogen) atoms. The van der Waals surface area contributed by atoms with E-state index in [0.717, 1.165) is 23.4 Å². The molecule has 0 amide bonds. The molecule has 104 valence electrons. The van der Waals surface area contributed by atoms with Gasteiger partial charge in [-0.05, 0) is 24.1 Å². The molecule has 2 aromatic rings. The first-order valence-corrected chi connectivity index (χ1v) is 6.51. The molecule has 5 heteroatoms. The molecule has 0 aliphatic carbocycles. The minimum Gasteiger partial charge on any atom is -0.495 e. The number of nitriles is 1. The van der Waals surface area contributed by atoms with E-state index in [9.17, 15) is 0 Å². The van der Waals surface area contributed by atoms with Crippen LogP contribution in [0.15, 0.2) is 24.4 Å². The Bertz CT molecular complexity index is 640. The van der Waals surface area contributed by atoms with Crippen molar-refractivity contribution in [1.29, 1.82) is 5.26 Å². The second-order valence-electron chi connectivity index (χ2n) is 4.52. The van der Waals surface area contributed by atoms with Crippen LogP contribution in [0.1, 0.15) is 23.7 Å². The van der Waals surface area contributed by atoms with Gasteiger partial charge in [-0.2, -0.15) is 10.4 Å². The predicted molar refractivity (Wildman–Crippen MR) is 77.6 cm³/mol. The Morgan fingerprint density at radius 2 is 2.25 bits per heavy atom. The number of aromatic nitrogens is 2. The van der Waals surface area contributed by atoms with E-state index in [1.165, 1.54) is 0 Å². The van der Waals surface area contributed by atoms with E-state index < -0.39 is 0 Å². The maximum Gasteiger partial charge on any atom is 0.136 e. The first kappa shape index (κ1) is 13.9. The molecular formula is C15H18N4O. The van der Waals surface area contributed by atoms with Crippen molar-refractivity contribution in [2.75, 3.05) is 12.4 Å². The molecule has 1 aromatic heterocycles. The minimum atomic E-state index is 0.550. The van der Waals surface area contributed by atoms with Gasteiger partial charge in [0.25, 0.3) is 0 Å². The van der Waals surface area contributed by atoms with Crippen LogP contribution in [-0.4, -0.2) is 16.9 Å². The molecule has 0 unspecified atom stereocenters. The summed E-state index contributed by atoms with van der Waals surface area (Å²) in [5.74, 6) is 0.604. The first-order valence-electron chi connectivity index (χ1n) is 6.51. The first-order chi connectivity index (χ1) is 9.67. The van der Waals surface area contributed by atoms with Crippen molar-refractivity contribution in [3.8, 4) is 11.8 Å². The van der Waals surface area contributed by atoms with Crippen LogP contribution in [0.25, 0.3) is 0 Å². The highest BCUT2D eigenvalue weighted by Gasteiger charge is 2.07. The molecule has 1 N–H and O–H groups in total. The van der Waals surface area contributed by atoms with E-state index in [0.29, 0.717) is 17.9 Å². The topological polar surface area (TPSA) is 62.9 Å². The van der Waals surface area contributed by atoms with E-state index in [4.69, 9.17) is 10.00 Å². The van der Waals surface area contributed by atoms with Crippen molar-refractivity contribution in [3.05, 3.63) is 41.2 Å². The third-order valence-electron chi connectivity index (χ3n) is 3.11. The van der Waals surface area contributed by atoms with E-state index in [1.807, 2.05) is 31.4 Å². The van der Waals surface area contributed by atoms with Crippen molar-refractivity contribution in [1.82, 2.24) is 9.78 Å². The molecule has 0 aliphatic rings. The van der Waals surface area contributed by atoms with E-state index in [1.54, 1.807) is 11.8 Å². The van der Waals surface area contributed by atoms with Gasteiger partial charge in [-0.3, -0.25) is 4.68 Å². The van der Waals surface area contributed by atoms with E-state index in [2.05, 4.69) is 23.4 Å². The molecule has 0 fully saturated rings. The zero-order valence-electron chi connectivity index (χ0n) is 12.0. The molecule has 5 nitrogen and oxygen atoms in total. The normalized spacial score (nSPS) is 10.1. The number of nitrogens with zero attached hydrogens (tertiary/aromatic N) is 3. The highest BCUT2D eigenvalue weighted by molar-refractivity contribution is 5.49. The van der Waals surface area contributed by atoms with Crippen LogP contribution in [0.2, 0.25) is 0 Å². The molecule has 1 heterocycles. The number of anilines is 1. The van der Waals surface area contributed by atoms with Gasteiger partial charge >= 0.3 is 0 Å². The van der Waals surface area contributed by atoms with E-state index >= 15 is 0 Å². The second-order valence-corrected chi connectivity index (χ2v) is 4.52. The summed E-state index contributed by atoms with van der Waals surface area (Å²) in [6.07, 6.45) is 2.85. The average Bonchev–Trinajstić information content (AvgIpc) is 2.84. The van der Waals surface area contributed by atoms with Gasteiger partial charge in [-0.25, -0.2) is 0 Å². The number of aryl methyl sites for hydroxylation is 2. The molecule has 0 aliphatic heterocycles. The Morgan fingerprint density at radius 3 is 2.90 bits per heavy atom. The standard InChI is InChI=1S/C15H18N4O/c1-4-13-14(10-19(2)18-13)17-9-11-5-6-15(20-3)12(7-11)8-16/h5-7,10,17H,4,9H2,1-3H3. The fraction of sp³-hybridized carbons (Fsp3) is 0.333. The largest absolute Gasteiger partial charge is 0.495 e. The molecular weight excluding hydrogens is 252 g/mol. The third-order valence-corrected chi connectivity index (χ3v) is 3.11. The summed E-state index contributed by atoms with van der Waals surface area (Å²) in [4.78, 5) is 0. The Balaban J connectivity index is 2.13. The van der Waals surface area contributed by atoms with Crippen LogP contribution in [-0.2, 0) is 20.0 Å². The molecule has 0 bridgehead atoms. The van der Waals surface area contributed by atoms with Gasteiger partial charge in [0.2, 0.25) is 0 Å². The molecule has 2 rings (SSSR count). The van der Waals surface area contributed by atoms with Gasteiger partial charge in [0.1, 0.15) is 11.8 Å². The monoisotopic (exact) mass is 270 g/mol. The number of hydrogen-bond donors (Lipinski definition) is 1. The second kappa shape index (κ2) is 6.11. The molecule has 0 radical (unpaired) electrons. The Labute approximate surface area is 118 Å². The number of methoxy groups -OCH3 is 1. The Hall–Kier alpha value is -2.48. The smallest absolute Gasteiger partial charge is 0.136 e. The maximum atomic E-state index is 9.08. The maximum absolute atomic E-state index is 9.08. The SMILES string of the molecule is CCc1nn(C)cc1NCc1ccc(OC)c(C#N)c1. The zero-order chi connectivity index (χ0) is 14.5.